The summed E-state index contributed by atoms with van der Waals surface area (Å²) in [7, 11) is 0. The molecule has 0 aliphatic carbocycles. The molecular formula is C37H46BrN3O6. The fourth-order valence-electron chi connectivity index (χ4n) is 7.69. The Morgan fingerprint density at radius 2 is 1.79 bits per heavy atom. The standard InChI is InChI=1S/C37H46BrN3O6/c1-5-9-13-22-39(20-6-2)36(45)33-37-23-28(38)32(47-37)30(31(37)35(44)41(33)29(24-42)25-14-11-10-12-15-25)34(43)40(21-7-3)26-16-18-27(19-17-26)46-8-4/h6-7,10-12,14-19,28-33,42H,2-3,5,8-9,13,20-24H2,1,4H3/t28?,29-,30+,31+,32+,33?,37?/m1/s1. The van der Waals surface area contributed by atoms with Gasteiger partial charge in [-0.1, -0.05) is 78.2 Å². The van der Waals surface area contributed by atoms with E-state index in [1.54, 1.807) is 22.0 Å². The van der Waals surface area contributed by atoms with Crippen LogP contribution in [0.4, 0.5) is 5.69 Å². The van der Waals surface area contributed by atoms with E-state index in [4.69, 9.17) is 9.47 Å². The quantitative estimate of drug-likeness (QED) is 0.145. The summed E-state index contributed by atoms with van der Waals surface area (Å²) in [6.07, 6.45) is 5.84. The molecule has 3 amide bonds. The van der Waals surface area contributed by atoms with Gasteiger partial charge in [0.05, 0.1) is 37.2 Å². The zero-order valence-electron chi connectivity index (χ0n) is 27.3. The number of alkyl halides is 1. The van der Waals surface area contributed by atoms with Crippen molar-refractivity contribution in [3.8, 4) is 5.75 Å². The number of aliphatic hydroxyl groups is 1. The Morgan fingerprint density at radius 3 is 2.40 bits per heavy atom. The number of benzene rings is 2. The maximum Gasteiger partial charge on any atom is 0.248 e. The van der Waals surface area contributed by atoms with Gasteiger partial charge in [0.2, 0.25) is 17.7 Å². The van der Waals surface area contributed by atoms with Crippen LogP contribution in [0.1, 0.15) is 51.1 Å². The minimum atomic E-state index is -1.27. The van der Waals surface area contributed by atoms with Crippen LogP contribution in [0.5, 0.6) is 5.75 Å². The van der Waals surface area contributed by atoms with E-state index in [0.717, 1.165) is 19.3 Å². The molecule has 5 rings (SSSR count). The van der Waals surface area contributed by atoms with Crippen LogP contribution in [0.25, 0.3) is 0 Å². The maximum atomic E-state index is 14.9. The molecule has 1 N–H and O–H groups in total. The summed E-state index contributed by atoms with van der Waals surface area (Å²) in [6.45, 7) is 12.9. The first-order valence-electron chi connectivity index (χ1n) is 16.6. The third-order valence-corrected chi connectivity index (χ3v) is 10.5. The van der Waals surface area contributed by atoms with Crippen LogP contribution >= 0.6 is 15.9 Å². The Hall–Kier alpha value is -3.47. The summed E-state index contributed by atoms with van der Waals surface area (Å²) in [6, 6.07) is 14.6. The van der Waals surface area contributed by atoms with Gasteiger partial charge in [0.15, 0.2) is 0 Å². The smallest absolute Gasteiger partial charge is 0.248 e. The average molecular weight is 709 g/mol. The van der Waals surface area contributed by atoms with Crippen LogP contribution in [0.2, 0.25) is 0 Å². The molecule has 47 heavy (non-hydrogen) atoms. The summed E-state index contributed by atoms with van der Waals surface area (Å²) in [5, 5.41) is 10.8. The normalized spacial score (nSPS) is 26.5. The third-order valence-electron chi connectivity index (χ3n) is 9.67. The second kappa shape index (κ2) is 15.2. The van der Waals surface area contributed by atoms with E-state index in [2.05, 4.69) is 36.0 Å². The van der Waals surface area contributed by atoms with Crippen molar-refractivity contribution < 1.29 is 29.0 Å². The monoisotopic (exact) mass is 707 g/mol. The second-order valence-corrected chi connectivity index (χ2v) is 13.6. The van der Waals surface area contributed by atoms with Crippen molar-refractivity contribution in [2.45, 2.75) is 68.1 Å². The second-order valence-electron chi connectivity index (χ2n) is 12.5. The first-order chi connectivity index (χ1) is 22.8. The van der Waals surface area contributed by atoms with Gasteiger partial charge in [-0.15, -0.1) is 13.2 Å². The Kier molecular flexibility index (Phi) is 11.3. The Bertz CT molecular complexity index is 1440. The van der Waals surface area contributed by atoms with Gasteiger partial charge in [0.1, 0.15) is 17.4 Å². The number of unbranched alkanes of at least 4 members (excludes halogenated alkanes) is 2. The number of rotatable bonds is 16. The predicted molar refractivity (Wildman–Crippen MR) is 185 cm³/mol. The van der Waals surface area contributed by atoms with Gasteiger partial charge in [-0.2, -0.15) is 0 Å². The number of carbonyl (C=O) groups excluding carboxylic acids is 3. The zero-order chi connectivity index (χ0) is 33.7. The lowest BCUT2D eigenvalue weighted by atomic mass is 9.70. The number of carbonyl (C=O) groups is 3. The van der Waals surface area contributed by atoms with Crippen molar-refractivity contribution in [2.75, 3.05) is 37.7 Å². The molecule has 3 aliphatic rings. The largest absolute Gasteiger partial charge is 0.494 e. The molecule has 0 radical (unpaired) electrons. The minimum Gasteiger partial charge on any atom is -0.494 e. The summed E-state index contributed by atoms with van der Waals surface area (Å²) in [5.41, 5.74) is 0.0781. The zero-order valence-corrected chi connectivity index (χ0v) is 28.9. The molecule has 0 aromatic heterocycles. The minimum absolute atomic E-state index is 0.219. The number of hydrogen-bond acceptors (Lipinski definition) is 6. The Labute approximate surface area is 286 Å². The summed E-state index contributed by atoms with van der Waals surface area (Å²) < 4.78 is 12.4. The Balaban J connectivity index is 1.59. The number of anilines is 1. The molecule has 3 fully saturated rings. The van der Waals surface area contributed by atoms with Gasteiger partial charge in [0.25, 0.3) is 0 Å². The van der Waals surface area contributed by atoms with Gasteiger partial charge in [-0.3, -0.25) is 14.4 Å². The molecule has 10 heteroatoms. The first kappa shape index (κ1) is 34.9. The Morgan fingerprint density at radius 1 is 1.09 bits per heavy atom. The highest BCUT2D eigenvalue weighted by Crippen LogP contribution is 2.61. The van der Waals surface area contributed by atoms with E-state index in [0.29, 0.717) is 43.1 Å². The lowest BCUT2D eigenvalue weighted by Gasteiger charge is -2.39. The van der Waals surface area contributed by atoms with Gasteiger partial charge < -0.3 is 29.3 Å². The number of fused-ring (bicyclic) bond motifs is 1. The topological polar surface area (TPSA) is 99.6 Å². The number of nitrogens with zero attached hydrogens (tertiary/aromatic N) is 3. The van der Waals surface area contributed by atoms with Crippen molar-refractivity contribution in [3.63, 3.8) is 0 Å². The van der Waals surface area contributed by atoms with Gasteiger partial charge in [-0.05, 0) is 49.6 Å². The van der Waals surface area contributed by atoms with Crippen LogP contribution < -0.4 is 9.64 Å². The van der Waals surface area contributed by atoms with E-state index < -0.39 is 42.2 Å². The van der Waals surface area contributed by atoms with Crippen LogP contribution in [-0.4, -0.2) is 88.0 Å². The molecule has 1 spiro atoms. The van der Waals surface area contributed by atoms with E-state index in [-0.39, 0.29) is 29.1 Å². The molecule has 3 aliphatic heterocycles. The number of ether oxygens (including phenoxy) is 2. The number of aliphatic hydroxyl groups excluding tert-OH is 1. The number of amides is 3. The molecule has 3 saturated heterocycles. The van der Waals surface area contributed by atoms with Gasteiger partial charge in [0, 0.05) is 30.1 Å². The van der Waals surface area contributed by atoms with E-state index in [1.807, 2.05) is 61.5 Å². The highest BCUT2D eigenvalue weighted by molar-refractivity contribution is 9.09. The van der Waals surface area contributed by atoms with Crippen LogP contribution in [0.3, 0.4) is 0 Å². The average Bonchev–Trinajstić information content (AvgIpc) is 3.67. The van der Waals surface area contributed by atoms with Crippen molar-refractivity contribution in [1.82, 2.24) is 9.80 Å². The molecule has 2 bridgehead atoms. The molecule has 3 heterocycles. The number of likely N-dealkylation sites (tertiary alicyclic amines) is 1. The lowest BCUT2D eigenvalue weighted by Crippen LogP contribution is -2.57. The third kappa shape index (κ3) is 6.39. The fraction of sp³-hybridized carbons (Fsp3) is 0.486. The van der Waals surface area contributed by atoms with Crippen LogP contribution in [0, 0.1) is 11.8 Å². The van der Waals surface area contributed by atoms with Crippen molar-refractivity contribution in [1.29, 1.82) is 0 Å². The fourth-order valence-corrected chi connectivity index (χ4v) is 8.63. The summed E-state index contributed by atoms with van der Waals surface area (Å²) >= 11 is 3.79. The first-order valence-corrected chi connectivity index (χ1v) is 17.5. The molecule has 252 valence electrons. The molecule has 3 unspecified atom stereocenters. The molecule has 7 atom stereocenters. The van der Waals surface area contributed by atoms with Crippen LogP contribution in [0.15, 0.2) is 79.9 Å². The van der Waals surface area contributed by atoms with Crippen molar-refractivity contribution in [3.05, 3.63) is 85.5 Å². The number of hydrogen-bond donors (Lipinski definition) is 1. The van der Waals surface area contributed by atoms with E-state index >= 15 is 0 Å². The highest BCUT2D eigenvalue weighted by Gasteiger charge is 2.77. The van der Waals surface area contributed by atoms with E-state index in [1.165, 1.54) is 4.90 Å². The molecule has 0 saturated carbocycles. The van der Waals surface area contributed by atoms with Crippen LogP contribution in [-0.2, 0) is 19.1 Å². The van der Waals surface area contributed by atoms with E-state index in [9.17, 15) is 19.5 Å². The summed E-state index contributed by atoms with van der Waals surface area (Å²) in [4.78, 5) is 49.0. The molecular weight excluding hydrogens is 662 g/mol. The van der Waals surface area contributed by atoms with Crippen molar-refractivity contribution >= 4 is 39.3 Å². The summed E-state index contributed by atoms with van der Waals surface area (Å²) in [5.74, 6) is -1.99. The predicted octanol–water partition coefficient (Wildman–Crippen LogP) is 5.29. The maximum absolute atomic E-state index is 14.9. The molecule has 2 aromatic carbocycles. The SMILES string of the molecule is C=CCN(CCCCC)C(=O)C1N([C@H](CO)c2ccccc2)C(=O)[C@@H]2[C@H](C(=O)N(CC=C)c3ccc(OCC)cc3)[C@H]3OC12CC3Br. The van der Waals surface area contributed by atoms with Crippen molar-refractivity contribution in [2.24, 2.45) is 11.8 Å². The highest BCUT2D eigenvalue weighted by atomic mass is 79.9. The lowest BCUT2D eigenvalue weighted by molar-refractivity contribution is -0.151. The molecule has 9 nitrogen and oxygen atoms in total. The number of halogens is 1. The molecule has 2 aromatic rings. The van der Waals surface area contributed by atoms with Gasteiger partial charge in [-0.25, -0.2) is 0 Å². The van der Waals surface area contributed by atoms with Gasteiger partial charge >= 0.3 is 0 Å².